The molecule has 0 N–H and O–H groups in total. The number of aromatic nitrogens is 1. The molecule has 0 unspecified atom stereocenters. The molecule has 0 aromatic carbocycles. The summed E-state index contributed by atoms with van der Waals surface area (Å²) >= 11 is 1.60. The Balaban J connectivity index is 1.86. The maximum absolute atomic E-state index is 5.25. The number of ether oxygens (including phenoxy) is 1. The van der Waals surface area contributed by atoms with Crippen molar-refractivity contribution in [3.63, 3.8) is 0 Å². The number of thiazole rings is 1. The van der Waals surface area contributed by atoms with Crippen molar-refractivity contribution in [2.75, 3.05) is 26.3 Å². The van der Waals surface area contributed by atoms with E-state index in [4.69, 9.17) is 4.74 Å². The fourth-order valence-corrected chi connectivity index (χ4v) is 1.84. The highest BCUT2D eigenvalue weighted by Crippen LogP contribution is 2.08. The summed E-state index contributed by atoms with van der Waals surface area (Å²) < 4.78 is 5.25. The van der Waals surface area contributed by atoms with Crippen LogP contribution in [0.25, 0.3) is 0 Å². The van der Waals surface area contributed by atoms with Gasteiger partial charge >= 0.3 is 0 Å². The highest BCUT2D eigenvalue weighted by molar-refractivity contribution is 7.09. The third-order valence-electron chi connectivity index (χ3n) is 1.90. The van der Waals surface area contributed by atoms with E-state index >= 15 is 0 Å². The number of hydrogen-bond donors (Lipinski definition) is 0. The summed E-state index contributed by atoms with van der Waals surface area (Å²) in [6.07, 6.45) is 1.74. The van der Waals surface area contributed by atoms with Crippen molar-refractivity contribution in [1.29, 1.82) is 0 Å². The summed E-state index contributed by atoms with van der Waals surface area (Å²) in [5, 5.41) is 4.14. The Morgan fingerprint density at radius 1 is 1.58 bits per heavy atom. The average Bonchev–Trinajstić information content (AvgIpc) is 2.59. The van der Waals surface area contributed by atoms with Gasteiger partial charge in [-0.15, -0.1) is 11.3 Å². The molecule has 0 bridgehead atoms. The van der Waals surface area contributed by atoms with Crippen molar-refractivity contribution in [3.05, 3.63) is 16.6 Å². The molecule has 4 heteroatoms. The maximum Gasteiger partial charge on any atom is 0.107 e. The molecule has 1 aromatic heterocycles. The van der Waals surface area contributed by atoms with E-state index in [-0.39, 0.29) is 0 Å². The van der Waals surface area contributed by atoms with Crippen molar-refractivity contribution in [2.24, 2.45) is 0 Å². The van der Waals surface area contributed by atoms with Crippen LogP contribution in [-0.2, 0) is 11.3 Å². The molecule has 12 heavy (non-hydrogen) atoms. The molecule has 1 aliphatic rings. The van der Waals surface area contributed by atoms with E-state index in [2.05, 4.69) is 15.3 Å². The van der Waals surface area contributed by atoms with Crippen LogP contribution >= 0.6 is 11.3 Å². The van der Waals surface area contributed by atoms with Crippen LogP contribution in [0.15, 0.2) is 6.20 Å². The molecular formula is C8H11N2OS. The first-order valence-corrected chi connectivity index (χ1v) is 4.87. The second kappa shape index (κ2) is 3.98. The molecule has 65 valence electrons. The molecule has 1 fully saturated rings. The summed E-state index contributed by atoms with van der Waals surface area (Å²) in [4.78, 5) is 6.55. The number of morpholine rings is 1. The summed E-state index contributed by atoms with van der Waals surface area (Å²) in [6, 6.07) is 0. The van der Waals surface area contributed by atoms with Crippen molar-refractivity contribution in [3.8, 4) is 0 Å². The van der Waals surface area contributed by atoms with Crippen LogP contribution in [0, 0.1) is 5.38 Å². The van der Waals surface area contributed by atoms with Gasteiger partial charge < -0.3 is 4.74 Å². The van der Waals surface area contributed by atoms with E-state index < -0.39 is 0 Å². The fourth-order valence-electron chi connectivity index (χ4n) is 1.24. The fraction of sp³-hybridized carbons (Fsp3) is 0.625. The molecule has 0 amide bonds. The molecular weight excluding hydrogens is 172 g/mol. The van der Waals surface area contributed by atoms with Gasteiger partial charge in [-0.1, -0.05) is 0 Å². The van der Waals surface area contributed by atoms with E-state index in [1.807, 2.05) is 0 Å². The first-order chi connectivity index (χ1) is 5.95. The molecule has 0 aliphatic carbocycles. The lowest BCUT2D eigenvalue weighted by atomic mass is 10.4. The van der Waals surface area contributed by atoms with Gasteiger partial charge in [-0.25, -0.2) is 4.98 Å². The topological polar surface area (TPSA) is 25.4 Å². The van der Waals surface area contributed by atoms with Gasteiger partial charge in [0.2, 0.25) is 0 Å². The Hall–Kier alpha value is -0.450. The summed E-state index contributed by atoms with van der Waals surface area (Å²) in [5.74, 6) is 0. The number of rotatable bonds is 2. The lowest BCUT2D eigenvalue weighted by Crippen LogP contribution is -2.35. The minimum atomic E-state index is 0.856. The molecule has 0 atom stereocenters. The lowest BCUT2D eigenvalue weighted by Gasteiger charge is -2.25. The van der Waals surface area contributed by atoms with E-state index in [9.17, 15) is 0 Å². The smallest absolute Gasteiger partial charge is 0.107 e. The zero-order chi connectivity index (χ0) is 8.23. The first kappa shape index (κ1) is 8.16. The van der Waals surface area contributed by atoms with Crippen molar-refractivity contribution >= 4 is 11.3 Å². The zero-order valence-corrected chi connectivity index (χ0v) is 7.64. The maximum atomic E-state index is 5.25. The van der Waals surface area contributed by atoms with Crippen molar-refractivity contribution in [2.45, 2.75) is 6.54 Å². The Labute approximate surface area is 76.0 Å². The standard InChI is InChI=1S/C8H11N2OS/c1-6-12-8(9-1)7-10-2-4-11-5-3-10/h1H,2-5,7H2. The van der Waals surface area contributed by atoms with Crippen LogP contribution in [0.3, 0.4) is 0 Å². The van der Waals surface area contributed by atoms with E-state index in [0.717, 1.165) is 37.9 Å². The molecule has 0 saturated carbocycles. The molecule has 2 rings (SSSR count). The normalized spacial score (nSPS) is 19.7. The summed E-state index contributed by atoms with van der Waals surface area (Å²) in [7, 11) is 0. The predicted octanol–water partition coefficient (Wildman–Crippen LogP) is 0.775. The minimum absolute atomic E-state index is 0.856. The monoisotopic (exact) mass is 183 g/mol. The lowest BCUT2D eigenvalue weighted by molar-refractivity contribution is 0.0341. The summed E-state index contributed by atoms with van der Waals surface area (Å²) in [5.41, 5.74) is 0. The number of hydrogen-bond acceptors (Lipinski definition) is 4. The van der Waals surface area contributed by atoms with Gasteiger partial charge in [0.25, 0.3) is 0 Å². The van der Waals surface area contributed by atoms with Crippen LogP contribution in [0.5, 0.6) is 0 Å². The van der Waals surface area contributed by atoms with E-state index in [0.29, 0.717) is 0 Å². The van der Waals surface area contributed by atoms with Gasteiger partial charge in [-0.05, 0) is 0 Å². The van der Waals surface area contributed by atoms with Gasteiger partial charge in [0, 0.05) is 19.3 Å². The van der Waals surface area contributed by atoms with Crippen LogP contribution in [0.4, 0.5) is 0 Å². The van der Waals surface area contributed by atoms with Gasteiger partial charge in [0.15, 0.2) is 0 Å². The Bertz CT molecular complexity index is 219. The SMILES string of the molecule is [c]1cnc(CN2CCOCC2)s1. The van der Waals surface area contributed by atoms with Crippen LogP contribution in [0.2, 0.25) is 0 Å². The molecule has 3 nitrogen and oxygen atoms in total. The van der Waals surface area contributed by atoms with Gasteiger partial charge in [-0.3, -0.25) is 4.90 Å². The third kappa shape index (κ3) is 2.03. The Kier molecular flexibility index (Phi) is 2.71. The average molecular weight is 183 g/mol. The van der Waals surface area contributed by atoms with Crippen molar-refractivity contribution < 1.29 is 4.74 Å². The van der Waals surface area contributed by atoms with Crippen molar-refractivity contribution in [1.82, 2.24) is 9.88 Å². The van der Waals surface area contributed by atoms with Crippen LogP contribution < -0.4 is 0 Å². The zero-order valence-electron chi connectivity index (χ0n) is 6.82. The third-order valence-corrected chi connectivity index (χ3v) is 2.59. The van der Waals surface area contributed by atoms with Crippen LogP contribution in [-0.4, -0.2) is 36.2 Å². The van der Waals surface area contributed by atoms with Gasteiger partial charge in [0.05, 0.1) is 25.1 Å². The number of nitrogens with zero attached hydrogens (tertiary/aromatic N) is 2. The largest absolute Gasteiger partial charge is 0.379 e. The Morgan fingerprint density at radius 3 is 3.08 bits per heavy atom. The van der Waals surface area contributed by atoms with Gasteiger partial charge in [0.1, 0.15) is 5.01 Å². The molecule has 0 spiro atoms. The molecule has 2 heterocycles. The van der Waals surface area contributed by atoms with Gasteiger partial charge in [-0.2, -0.15) is 0 Å². The molecule has 1 saturated heterocycles. The second-order valence-corrected chi connectivity index (χ2v) is 3.67. The van der Waals surface area contributed by atoms with Crippen LogP contribution in [0.1, 0.15) is 5.01 Å². The minimum Gasteiger partial charge on any atom is -0.379 e. The summed E-state index contributed by atoms with van der Waals surface area (Å²) in [6.45, 7) is 4.72. The first-order valence-electron chi connectivity index (χ1n) is 4.06. The highest BCUT2D eigenvalue weighted by atomic mass is 32.1. The predicted molar refractivity (Wildman–Crippen MR) is 47.0 cm³/mol. The molecule has 1 aliphatic heterocycles. The highest BCUT2D eigenvalue weighted by Gasteiger charge is 2.11. The quantitative estimate of drug-likeness (QED) is 0.677. The van der Waals surface area contributed by atoms with E-state index in [1.165, 1.54) is 0 Å². The Morgan fingerprint density at radius 2 is 2.42 bits per heavy atom. The second-order valence-electron chi connectivity index (χ2n) is 2.76. The van der Waals surface area contributed by atoms with E-state index in [1.54, 1.807) is 17.5 Å². The molecule has 1 aromatic rings. The molecule has 1 radical (unpaired) electrons.